The number of Topliss-reactive ketones (excluding diaryl/α,β-unsaturated/α-hetero) is 1. The Labute approximate surface area is 105 Å². The van der Waals surface area contributed by atoms with Crippen LogP contribution in [0, 0.1) is 12.7 Å². The Hall–Kier alpha value is -1.97. The van der Waals surface area contributed by atoms with Gasteiger partial charge in [0.2, 0.25) is 0 Å². The molecule has 0 radical (unpaired) electrons. The Balaban J connectivity index is 2.19. The lowest BCUT2D eigenvalue weighted by atomic mass is 10.0. The lowest BCUT2D eigenvalue weighted by Gasteiger charge is -2.03. The number of ketones is 1. The van der Waals surface area contributed by atoms with Crippen molar-refractivity contribution in [2.45, 2.75) is 26.8 Å². The van der Waals surface area contributed by atoms with Crippen molar-refractivity contribution in [1.82, 2.24) is 9.78 Å². The molecule has 18 heavy (non-hydrogen) atoms. The van der Waals surface area contributed by atoms with Crippen molar-refractivity contribution >= 4 is 5.78 Å². The Morgan fingerprint density at radius 1 is 1.44 bits per heavy atom. The number of benzene rings is 1. The van der Waals surface area contributed by atoms with Gasteiger partial charge in [0.25, 0.3) is 0 Å². The maximum Gasteiger partial charge on any atom is 0.167 e. The average Bonchev–Trinajstić information content (AvgIpc) is 2.80. The first-order chi connectivity index (χ1) is 8.60. The number of rotatable bonds is 4. The van der Waals surface area contributed by atoms with Crippen LogP contribution in [0.5, 0.6) is 0 Å². The zero-order chi connectivity index (χ0) is 13.1. The molecular formula is C14H15FN2O. The first-order valence-corrected chi connectivity index (χ1v) is 5.91. The molecule has 0 spiro atoms. The van der Waals surface area contributed by atoms with Gasteiger partial charge in [0, 0.05) is 24.7 Å². The zero-order valence-electron chi connectivity index (χ0n) is 10.5. The molecule has 0 N–H and O–H groups in total. The van der Waals surface area contributed by atoms with Crippen LogP contribution in [0.4, 0.5) is 4.39 Å². The van der Waals surface area contributed by atoms with Gasteiger partial charge in [0.05, 0.1) is 6.20 Å². The monoisotopic (exact) mass is 246 g/mol. The molecule has 0 saturated carbocycles. The fourth-order valence-corrected chi connectivity index (χ4v) is 1.85. The van der Waals surface area contributed by atoms with E-state index in [1.54, 1.807) is 16.9 Å². The van der Waals surface area contributed by atoms with Crippen molar-refractivity contribution in [2.24, 2.45) is 0 Å². The molecule has 1 aromatic heterocycles. The third kappa shape index (κ3) is 2.64. The predicted molar refractivity (Wildman–Crippen MR) is 67.1 cm³/mol. The van der Waals surface area contributed by atoms with Crippen LogP contribution in [0.3, 0.4) is 0 Å². The molecule has 4 heteroatoms. The van der Waals surface area contributed by atoms with Crippen LogP contribution in [0.2, 0.25) is 0 Å². The minimum Gasteiger partial charge on any atom is -0.294 e. The summed E-state index contributed by atoms with van der Waals surface area (Å²) in [6.07, 6.45) is 3.77. The van der Waals surface area contributed by atoms with Gasteiger partial charge in [-0.1, -0.05) is 6.07 Å². The lowest BCUT2D eigenvalue weighted by Crippen LogP contribution is -2.05. The molecule has 3 nitrogen and oxygen atoms in total. The van der Waals surface area contributed by atoms with E-state index < -0.39 is 0 Å². The Morgan fingerprint density at radius 3 is 2.89 bits per heavy atom. The van der Waals surface area contributed by atoms with Crippen LogP contribution in [-0.2, 0) is 13.0 Å². The van der Waals surface area contributed by atoms with Gasteiger partial charge in [-0.05, 0) is 37.1 Å². The molecule has 0 aliphatic rings. The highest BCUT2D eigenvalue weighted by molar-refractivity contribution is 5.98. The standard InChI is InChI=1S/C14H15FN2O/c1-3-17-9-11(8-16-17)6-14(18)13-7-12(15)5-4-10(13)2/h4-5,7-9H,3,6H2,1-2H3. The van der Waals surface area contributed by atoms with E-state index in [2.05, 4.69) is 5.10 Å². The van der Waals surface area contributed by atoms with Crippen molar-refractivity contribution < 1.29 is 9.18 Å². The molecule has 0 amide bonds. The van der Waals surface area contributed by atoms with Crippen molar-refractivity contribution in [1.29, 1.82) is 0 Å². The molecule has 0 atom stereocenters. The molecule has 0 unspecified atom stereocenters. The molecule has 2 rings (SSSR count). The summed E-state index contributed by atoms with van der Waals surface area (Å²) in [5, 5.41) is 4.11. The molecule has 1 heterocycles. The molecular weight excluding hydrogens is 231 g/mol. The first-order valence-electron chi connectivity index (χ1n) is 5.91. The van der Waals surface area contributed by atoms with Gasteiger partial charge in [-0.15, -0.1) is 0 Å². The van der Waals surface area contributed by atoms with Gasteiger partial charge in [-0.2, -0.15) is 5.10 Å². The summed E-state index contributed by atoms with van der Waals surface area (Å²) in [5.41, 5.74) is 2.09. The number of nitrogens with zero attached hydrogens (tertiary/aromatic N) is 2. The summed E-state index contributed by atoms with van der Waals surface area (Å²) in [7, 11) is 0. The maximum atomic E-state index is 13.1. The fraction of sp³-hybridized carbons (Fsp3) is 0.286. The van der Waals surface area contributed by atoms with Gasteiger partial charge >= 0.3 is 0 Å². The molecule has 0 bridgehead atoms. The molecule has 0 fully saturated rings. The first kappa shape index (κ1) is 12.5. The summed E-state index contributed by atoms with van der Waals surface area (Å²) >= 11 is 0. The summed E-state index contributed by atoms with van der Waals surface area (Å²) in [5.74, 6) is -0.462. The van der Waals surface area contributed by atoms with E-state index in [1.165, 1.54) is 12.1 Å². The van der Waals surface area contributed by atoms with Crippen LogP contribution < -0.4 is 0 Å². The van der Waals surface area contributed by atoms with Gasteiger partial charge in [-0.25, -0.2) is 4.39 Å². The number of carbonyl (C=O) groups is 1. The molecule has 0 aliphatic carbocycles. The fourth-order valence-electron chi connectivity index (χ4n) is 1.85. The normalized spacial score (nSPS) is 10.6. The van der Waals surface area contributed by atoms with Crippen molar-refractivity contribution in [2.75, 3.05) is 0 Å². The third-order valence-electron chi connectivity index (χ3n) is 2.88. The number of halogens is 1. The second-order valence-electron chi connectivity index (χ2n) is 4.26. The maximum absolute atomic E-state index is 13.1. The van der Waals surface area contributed by atoms with Crippen LogP contribution in [-0.4, -0.2) is 15.6 Å². The van der Waals surface area contributed by atoms with E-state index in [-0.39, 0.29) is 18.0 Å². The molecule has 0 aliphatic heterocycles. The molecule has 2 aromatic rings. The van der Waals surface area contributed by atoms with Crippen LogP contribution in [0.15, 0.2) is 30.6 Å². The van der Waals surface area contributed by atoms with Crippen LogP contribution in [0.25, 0.3) is 0 Å². The second kappa shape index (κ2) is 5.12. The van der Waals surface area contributed by atoms with Gasteiger partial charge in [0.15, 0.2) is 5.78 Å². The van der Waals surface area contributed by atoms with E-state index in [4.69, 9.17) is 0 Å². The lowest BCUT2D eigenvalue weighted by molar-refractivity contribution is 0.0992. The Morgan fingerprint density at radius 2 is 2.22 bits per heavy atom. The second-order valence-corrected chi connectivity index (χ2v) is 4.26. The number of aryl methyl sites for hydroxylation is 2. The molecule has 94 valence electrons. The zero-order valence-corrected chi connectivity index (χ0v) is 10.5. The number of aromatic nitrogens is 2. The Kier molecular flexibility index (Phi) is 3.55. The minimum absolute atomic E-state index is 0.0809. The number of hydrogen-bond donors (Lipinski definition) is 0. The van der Waals surface area contributed by atoms with Gasteiger partial charge in [0.1, 0.15) is 5.82 Å². The van der Waals surface area contributed by atoms with E-state index in [0.29, 0.717) is 5.56 Å². The van der Waals surface area contributed by atoms with E-state index in [1.807, 2.05) is 20.0 Å². The smallest absolute Gasteiger partial charge is 0.167 e. The largest absolute Gasteiger partial charge is 0.294 e. The predicted octanol–water partition coefficient (Wildman–Crippen LogP) is 2.78. The van der Waals surface area contributed by atoms with Gasteiger partial charge < -0.3 is 0 Å². The number of hydrogen-bond acceptors (Lipinski definition) is 2. The third-order valence-corrected chi connectivity index (χ3v) is 2.88. The van der Waals surface area contributed by atoms with Crippen molar-refractivity contribution in [3.8, 4) is 0 Å². The quantitative estimate of drug-likeness (QED) is 0.777. The highest BCUT2D eigenvalue weighted by Gasteiger charge is 2.12. The van der Waals surface area contributed by atoms with E-state index >= 15 is 0 Å². The van der Waals surface area contributed by atoms with Crippen LogP contribution >= 0.6 is 0 Å². The van der Waals surface area contributed by atoms with Crippen LogP contribution in [0.1, 0.15) is 28.4 Å². The molecule has 0 saturated heterocycles. The SMILES string of the molecule is CCn1cc(CC(=O)c2cc(F)ccc2C)cn1. The molecule has 1 aromatic carbocycles. The highest BCUT2D eigenvalue weighted by atomic mass is 19.1. The van der Waals surface area contributed by atoms with E-state index in [9.17, 15) is 9.18 Å². The summed E-state index contributed by atoms with van der Waals surface area (Å²) in [6, 6.07) is 4.28. The van der Waals surface area contributed by atoms with Crippen molar-refractivity contribution in [3.05, 3.63) is 53.1 Å². The summed E-state index contributed by atoms with van der Waals surface area (Å²) < 4.78 is 14.9. The van der Waals surface area contributed by atoms with Crippen molar-refractivity contribution in [3.63, 3.8) is 0 Å². The Bertz CT molecular complexity index is 575. The summed E-state index contributed by atoms with van der Waals surface area (Å²) in [6.45, 7) is 4.56. The van der Waals surface area contributed by atoms with Gasteiger partial charge in [-0.3, -0.25) is 9.48 Å². The van der Waals surface area contributed by atoms with E-state index in [0.717, 1.165) is 17.7 Å². The highest BCUT2D eigenvalue weighted by Crippen LogP contribution is 2.13. The number of carbonyl (C=O) groups excluding carboxylic acids is 1. The topological polar surface area (TPSA) is 34.9 Å². The average molecular weight is 246 g/mol. The summed E-state index contributed by atoms with van der Waals surface area (Å²) in [4.78, 5) is 12.1. The minimum atomic E-state index is -0.381.